The van der Waals surface area contributed by atoms with E-state index >= 15 is 0 Å². The van der Waals surface area contributed by atoms with Gasteiger partial charge in [0.15, 0.2) is 11.0 Å². The van der Waals surface area contributed by atoms with E-state index in [1.54, 1.807) is 36.4 Å². The highest BCUT2D eigenvalue weighted by molar-refractivity contribution is 7.90. The smallest absolute Gasteiger partial charge is 0.199 e. The van der Waals surface area contributed by atoms with Crippen molar-refractivity contribution in [1.82, 2.24) is 0 Å². The van der Waals surface area contributed by atoms with Gasteiger partial charge < -0.3 is 23.7 Å². The Morgan fingerprint density at radius 2 is 1.18 bits per heavy atom. The molecule has 184 valence electrons. The zero-order chi connectivity index (χ0) is 25.5. The van der Waals surface area contributed by atoms with Crippen molar-refractivity contribution in [2.45, 2.75) is 27.2 Å². The summed E-state index contributed by atoms with van der Waals surface area (Å²) >= 11 is 0. The zero-order valence-electron chi connectivity index (χ0n) is 20.8. The fourth-order valence-electron chi connectivity index (χ4n) is 3.97. The van der Waals surface area contributed by atoms with Crippen LogP contribution in [0.1, 0.15) is 47.9 Å². The lowest BCUT2D eigenvalue weighted by atomic mass is 9.86. The maximum Gasteiger partial charge on any atom is 0.199 e. The first kappa shape index (κ1) is 27.3. The first-order chi connectivity index (χ1) is 16.1. The Balaban J connectivity index is 2.64. The van der Waals surface area contributed by atoms with Gasteiger partial charge in [0.05, 0.1) is 28.4 Å². The summed E-state index contributed by atoms with van der Waals surface area (Å²) in [4.78, 5) is 39.5. The van der Waals surface area contributed by atoms with Crippen LogP contribution in [0.2, 0.25) is 0 Å². The van der Waals surface area contributed by atoms with Crippen LogP contribution in [-0.4, -0.2) is 51.9 Å². The van der Waals surface area contributed by atoms with Gasteiger partial charge in [-0.3, -0.25) is 9.59 Å². The van der Waals surface area contributed by atoms with E-state index < -0.39 is 13.3 Å². The molecule has 0 saturated heterocycles. The zero-order valence-corrected chi connectivity index (χ0v) is 21.7. The summed E-state index contributed by atoms with van der Waals surface area (Å²) in [5.74, 6) is 1.24. The van der Waals surface area contributed by atoms with Gasteiger partial charge in [0.1, 0.15) is 40.4 Å². The molecule has 8 heteroatoms. The molecule has 34 heavy (non-hydrogen) atoms. The van der Waals surface area contributed by atoms with Gasteiger partial charge in [-0.05, 0) is 42.8 Å². The molecule has 0 bridgehead atoms. The molecule has 2 rings (SSSR count). The first-order valence-electron chi connectivity index (χ1n) is 10.9. The van der Waals surface area contributed by atoms with E-state index in [-0.39, 0.29) is 34.3 Å². The summed E-state index contributed by atoms with van der Waals surface area (Å²) in [6.07, 6.45) is 1.72. The third-order valence-corrected chi connectivity index (χ3v) is 7.88. The molecular weight excluding hydrogens is 455 g/mol. The SMILES string of the molecule is COc1cccc(OC)c1C(=O)P(CC(C)CC(C)(C)C=O)C(=O)c1c(OC)cccc1OC. The topological polar surface area (TPSA) is 88.1 Å². The van der Waals surface area contributed by atoms with Crippen LogP contribution in [0.15, 0.2) is 36.4 Å². The van der Waals surface area contributed by atoms with Crippen LogP contribution in [0, 0.1) is 11.3 Å². The van der Waals surface area contributed by atoms with Gasteiger partial charge in [-0.1, -0.05) is 32.9 Å². The monoisotopic (exact) mass is 488 g/mol. The standard InChI is InChI=1S/C26H33O7P/c1-17(14-26(2,3)16-27)15-34(24(28)22-18(30-4)10-8-11-19(22)31-5)25(29)23-20(32-6)12-9-13-21(23)33-7/h8-13,16-17H,14-15H2,1-7H3. The minimum atomic E-state index is -1.93. The molecule has 0 aliphatic carbocycles. The molecule has 0 aromatic heterocycles. The van der Waals surface area contributed by atoms with E-state index in [4.69, 9.17) is 18.9 Å². The molecule has 0 aliphatic heterocycles. The van der Waals surface area contributed by atoms with Gasteiger partial charge in [-0.2, -0.15) is 0 Å². The molecule has 0 saturated carbocycles. The largest absolute Gasteiger partial charge is 0.496 e. The molecule has 0 heterocycles. The molecular formula is C26H33O7P. The summed E-state index contributed by atoms with van der Waals surface area (Å²) in [5.41, 5.74) is -0.849. The van der Waals surface area contributed by atoms with Crippen molar-refractivity contribution >= 4 is 25.3 Å². The van der Waals surface area contributed by atoms with E-state index in [1.165, 1.54) is 28.4 Å². The van der Waals surface area contributed by atoms with Crippen LogP contribution in [0.25, 0.3) is 0 Å². The Morgan fingerprint density at radius 1 is 0.824 bits per heavy atom. The number of carbonyl (C=O) groups is 3. The second kappa shape index (κ2) is 12.0. The number of ether oxygens (including phenoxy) is 4. The van der Waals surface area contributed by atoms with E-state index in [0.29, 0.717) is 29.4 Å². The van der Waals surface area contributed by atoms with Gasteiger partial charge in [0.2, 0.25) is 0 Å². The van der Waals surface area contributed by atoms with Crippen LogP contribution in [0.3, 0.4) is 0 Å². The van der Waals surface area contributed by atoms with Gasteiger partial charge in [0, 0.05) is 13.3 Å². The number of rotatable bonds is 13. The van der Waals surface area contributed by atoms with Crippen LogP contribution in [-0.2, 0) is 4.79 Å². The Kier molecular flexibility index (Phi) is 9.63. The maximum atomic E-state index is 14.0. The number of hydrogen-bond acceptors (Lipinski definition) is 7. The Bertz CT molecular complexity index is 920. The van der Waals surface area contributed by atoms with Gasteiger partial charge >= 0.3 is 0 Å². The minimum Gasteiger partial charge on any atom is -0.496 e. The fraction of sp³-hybridized carbons (Fsp3) is 0.423. The van der Waals surface area contributed by atoms with Crippen molar-refractivity contribution in [2.24, 2.45) is 11.3 Å². The number of methoxy groups -OCH3 is 4. The van der Waals surface area contributed by atoms with Crippen LogP contribution in [0.5, 0.6) is 23.0 Å². The highest BCUT2D eigenvalue weighted by Crippen LogP contribution is 2.51. The lowest BCUT2D eigenvalue weighted by Crippen LogP contribution is -2.21. The normalized spacial score (nSPS) is 12.1. The summed E-state index contributed by atoms with van der Waals surface area (Å²) in [6, 6.07) is 10.1. The van der Waals surface area contributed by atoms with Gasteiger partial charge in [-0.15, -0.1) is 0 Å². The van der Waals surface area contributed by atoms with Gasteiger partial charge in [-0.25, -0.2) is 0 Å². The molecule has 2 aromatic rings. The third-order valence-electron chi connectivity index (χ3n) is 5.46. The van der Waals surface area contributed by atoms with E-state index in [0.717, 1.165) is 6.29 Å². The molecule has 0 spiro atoms. The molecule has 0 aliphatic rings. The molecule has 0 amide bonds. The van der Waals surface area contributed by atoms with Crippen molar-refractivity contribution in [3.8, 4) is 23.0 Å². The van der Waals surface area contributed by atoms with Crippen molar-refractivity contribution in [3.05, 3.63) is 47.5 Å². The Labute approximate surface area is 202 Å². The third kappa shape index (κ3) is 6.15. The highest BCUT2D eigenvalue weighted by Gasteiger charge is 2.37. The number of aldehydes is 1. The quantitative estimate of drug-likeness (QED) is 0.274. The van der Waals surface area contributed by atoms with Crippen LogP contribution in [0.4, 0.5) is 0 Å². The predicted octanol–water partition coefficient (Wildman–Crippen LogP) is 5.43. The summed E-state index contributed by atoms with van der Waals surface area (Å²) in [6.45, 7) is 5.63. The highest BCUT2D eigenvalue weighted by atomic mass is 31.1. The lowest BCUT2D eigenvalue weighted by Gasteiger charge is -2.26. The van der Waals surface area contributed by atoms with E-state index in [1.807, 2.05) is 20.8 Å². The predicted molar refractivity (Wildman–Crippen MR) is 133 cm³/mol. The van der Waals surface area contributed by atoms with E-state index in [9.17, 15) is 14.4 Å². The average Bonchev–Trinajstić information content (AvgIpc) is 2.84. The molecule has 7 nitrogen and oxygen atoms in total. The van der Waals surface area contributed by atoms with Gasteiger partial charge in [0.25, 0.3) is 0 Å². The van der Waals surface area contributed by atoms with Crippen LogP contribution >= 0.6 is 7.92 Å². The summed E-state index contributed by atoms with van der Waals surface area (Å²) in [5, 5.41) is 0. The average molecular weight is 489 g/mol. The lowest BCUT2D eigenvalue weighted by molar-refractivity contribution is -0.115. The Morgan fingerprint density at radius 3 is 1.47 bits per heavy atom. The molecule has 2 aromatic carbocycles. The summed E-state index contributed by atoms with van der Waals surface area (Å²) in [7, 11) is 3.93. The summed E-state index contributed by atoms with van der Waals surface area (Å²) < 4.78 is 21.8. The van der Waals surface area contributed by atoms with Crippen molar-refractivity contribution in [1.29, 1.82) is 0 Å². The second-order valence-corrected chi connectivity index (χ2v) is 10.7. The molecule has 0 fully saturated rings. The number of carbonyl (C=O) groups excluding carboxylic acids is 3. The first-order valence-corrected chi connectivity index (χ1v) is 12.4. The second-order valence-electron chi connectivity index (χ2n) is 8.71. The maximum absolute atomic E-state index is 14.0. The van der Waals surface area contributed by atoms with Crippen molar-refractivity contribution in [2.75, 3.05) is 34.6 Å². The Hall–Kier alpha value is -2.92. The number of hydrogen-bond donors (Lipinski definition) is 0. The van der Waals surface area contributed by atoms with Crippen molar-refractivity contribution in [3.63, 3.8) is 0 Å². The fourth-order valence-corrected chi connectivity index (χ4v) is 6.22. The van der Waals surface area contributed by atoms with Crippen LogP contribution < -0.4 is 18.9 Å². The molecule has 1 atom stereocenters. The number of benzene rings is 2. The van der Waals surface area contributed by atoms with E-state index in [2.05, 4.69) is 0 Å². The minimum absolute atomic E-state index is 0.0828. The van der Waals surface area contributed by atoms with Crippen molar-refractivity contribution < 1.29 is 33.3 Å². The molecule has 0 radical (unpaired) electrons. The molecule has 0 N–H and O–H groups in total. The molecule has 1 unspecified atom stereocenters.